The summed E-state index contributed by atoms with van der Waals surface area (Å²) in [4.78, 5) is 8.49. The van der Waals surface area contributed by atoms with Gasteiger partial charge in [0.15, 0.2) is 0 Å². The maximum absolute atomic E-state index is 9.30. The summed E-state index contributed by atoms with van der Waals surface area (Å²) < 4.78 is 19.2. The Balaban J connectivity index is 0.000000227. The Morgan fingerprint density at radius 2 is 1.33 bits per heavy atom. The maximum Gasteiger partial charge on any atom is 2.00 e. The monoisotopic (exact) mass is 629 g/mol. The van der Waals surface area contributed by atoms with Crippen LogP contribution in [-0.4, -0.2) is 45.5 Å². The smallest absolute Gasteiger partial charge is 0.540 e. The Labute approximate surface area is 208 Å². The molecule has 0 amide bonds. The first-order valence-corrected chi connectivity index (χ1v) is 9.78. The molecule has 0 saturated heterocycles. The van der Waals surface area contributed by atoms with Crippen molar-refractivity contribution >= 4 is 0 Å². The van der Waals surface area contributed by atoms with Crippen molar-refractivity contribution in [2.45, 2.75) is 6.61 Å². The van der Waals surface area contributed by atoms with Gasteiger partial charge in [0.25, 0.3) is 0 Å². The molecule has 0 bridgehead atoms. The zero-order chi connectivity index (χ0) is 23.1. The molecule has 0 radical (unpaired) electrons. The molecule has 0 aliphatic heterocycles. The molecule has 2 aromatic heterocycles. The molecule has 0 aliphatic carbocycles. The van der Waals surface area contributed by atoms with E-state index in [2.05, 4.69) is 22.1 Å². The second kappa shape index (κ2) is 12.2. The molecule has 2 aromatic carbocycles. The summed E-state index contributed by atoms with van der Waals surface area (Å²) in [5.41, 5.74) is 4.04. The minimum atomic E-state index is -0.0559. The van der Waals surface area contributed by atoms with E-state index in [0.717, 1.165) is 33.8 Å². The van der Waals surface area contributed by atoms with E-state index >= 15 is 0 Å². The van der Waals surface area contributed by atoms with Crippen molar-refractivity contribution in [1.82, 2.24) is 19.1 Å². The van der Waals surface area contributed by atoms with E-state index in [9.17, 15) is 5.11 Å². The molecule has 0 spiro atoms. The Morgan fingerprint density at radius 1 is 0.818 bits per heavy atom. The van der Waals surface area contributed by atoms with Crippen molar-refractivity contribution < 1.29 is 40.4 Å². The average molecular weight is 630 g/mol. The van der Waals surface area contributed by atoms with Crippen molar-refractivity contribution in [3.05, 3.63) is 67.0 Å². The van der Waals surface area contributed by atoms with Gasteiger partial charge < -0.3 is 28.5 Å². The number of aliphatic hydroxyl groups is 1. The number of hydrogen-bond acceptors (Lipinski definition) is 6. The fraction of sp³-hybridized carbons (Fsp3) is 0.250. The summed E-state index contributed by atoms with van der Waals surface area (Å²) in [6.07, 6.45) is 7.26. The van der Waals surface area contributed by atoms with Gasteiger partial charge in [0.2, 0.25) is 0 Å². The van der Waals surface area contributed by atoms with Gasteiger partial charge >= 0.3 is 21.1 Å². The van der Waals surface area contributed by atoms with Crippen LogP contribution in [0.25, 0.3) is 22.5 Å². The largest absolute Gasteiger partial charge is 2.00 e. The molecular formula is C24H26N4O4Pt. The van der Waals surface area contributed by atoms with E-state index < -0.39 is 0 Å². The van der Waals surface area contributed by atoms with Crippen molar-refractivity contribution in [3.63, 3.8) is 0 Å². The predicted molar refractivity (Wildman–Crippen MR) is 121 cm³/mol. The summed E-state index contributed by atoms with van der Waals surface area (Å²) in [7, 11) is 8.65. The number of rotatable bonds is 6. The average Bonchev–Trinajstić information content (AvgIpc) is 3.46. The van der Waals surface area contributed by atoms with Crippen LogP contribution >= 0.6 is 0 Å². The second-order valence-electron chi connectivity index (χ2n) is 6.93. The number of methoxy groups -OCH3 is 3. The number of benzene rings is 2. The third-order valence-electron chi connectivity index (χ3n) is 4.66. The number of aliphatic hydroxyl groups excluding tert-OH is 1. The Bertz CT molecular complexity index is 1080. The SMILES string of the molecule is COc1c[c-]c(-c2cn(C)cn2)c(CO)c1.COc1c[c-]c(-c2cn(C)cn2)c(OC)c1.[Pt+2]. The van der Waals surface area contributed by atoms with Gasteiger partial charge in [-0.2, -0.15) is 0 Å². The van der Waals surface area contributed by atoms with E-state index in [1.165, 1.54) is 0 Å². The van der Waals surface area contributed by atoms with Gasteiger partial charge in [0.05, 0.1) is 34.0 Å². The van der Waals surface area contributed by atoms with Gasteiger partial charge in [-0.25, -0.2) is 0 Å². The normalized spacial score (nSPS) is 10.0. The fourth-order valence-corrected chi connectivity index (χ4v) is 3.02. The minimum absolute atomic E-state index is 0. The summed E-state index contributed by atoms with van der Waals surface area (Å²) >= 11 is 0. The molecule has 9 heteroatoms. The first-order valence-electron chi connectivity index (χ1n) is 9.78. The quantitative estimate of drug-likeness (QED) is 0.330. The number of hydrogen-bond donors (Lipinski definition) is 1. The molecule has 0 unspecified atom stereocenters. The zero-order valence-corrected chi connectivity index (χ0v) is 21.4. The van der Waals surface area contributed by atoms with E-state index in [0.29, 0.717) is 11.5 Å². The molecule has 176 valence electrons. The van der Waals surface area contributed by atoms with Crippen LogP contribution in [0.2, 0.25) is 0 Å². The standard InChI is InChI=1S/2C12H13N2O2.Pt/c1-14-7-11(13-8-14)10-5-4-9(15-2)6-12(10)16-3;1-14-6-12(13-8-14)11-4-3-10(16-2)5-9(11)7-15;/h4,6-8H,1-3H3;3,5-6,8,15H,7H2,1-2H3;/q2*-1;+2. The number of imidazole rings is 2. The molecule has 4 aromatic rings. The summed E-state index contributed by atoms with van der Waals surface area (Å²) in [6, 6.07) is 13.3. The van der Waals surface area contributed by atoms with E-state index in [1.54, 1.807) is 52.2 Å². The zero-order valence-electron chi connectivity index (χ0n) is 19.1. The van der Waals surface area contributed by atoms with Crippen LogP contribution in [0, 0.1) is 12.1 Å². The molecule has 8 nitrogen and oxygen atoms in total. The summed E-state index contributed by atoms with van der Waals surface area (Å²) in [5.74, 6) is 2.11. The molecule has 1 N–H and O–H groups in total. The molecule has 2 heterocycles. The van der Waals surface area contributed by atoms with E-state index in [4.69, 9.17) is 14.2 Å². The van der Waals surface area contributed by atoms with Gasteiger partial charge in [-0.1, -0.05) is 23.3 Å². The molecular weight excluding hydrogens is 603 g/mol. The fourth-order valence-electron chi connectivity index (χ4n) is 3.02. The number of aryl methyl sites for hydroxylation is 2. The molecule has 0 atom stereocenters. The molecule has 4 rings (SSSR count). The third-order valence-corrected chi connectivity index (χ3v) is 4.66. The van der Waals surface area contributed by atoms with Crippen molar-refractivity contribution in [3.8, 4) is 39.8 Å². The Morgan fingerprint density at radius 3 is 1.79 bits per heavy atom. The van der Waals surface area contributed by atoms with Gasteiger partial charge in [0, 0.05) is 49.3 Å². The molecule has 0 fully saturated rings. The van der Waals surface area contributed by atoms with Gasteiger partial charge in [0.1, 0.15) is 0 Å². The van der Waals surface area contributed by atoms with Crippen LogP contribution in [0.5, 0.6) is 17.2 Å². The number of nitrogens with zero attached hydrogens (tertiary/aromatic N) is 4. The van der Waals surface area contributed by atoms with Crippen LogP contribution in [-0.2, 0) is 41.8 Å². The first kappa shape index (κ1) is 26.2. The van der Waals surface area contributed by atoms with Gasteiger partial charge in [-0.3, -0.25) is 9.97 Å². The minimum Gasteiger partial charge on any atom is -0.540 e. The van der Waals surface area contributed by atoms with Crippen LogP contribution in [0.1, 0.15) is 5.56 Å². The third kappa shape index (κ3) is 6.46. The Kier molecular flexibility index (Phi) is 9.70. The van der Waals surface area contributed by atoms with Crippen LogP contribution in [0.15, 0.2) is 49.3 Å². The van der Waals surface area contributed by atoms with Gasteiger partial charge in [-0.05, 0) is 12.4 Å². The van der Waals surface area contributed by atoms with Crippen LogP contribution in [0.4, 0.5) is 0 Å². The Hall–Kier alpha value is -3.09. The predicted octanol–water partition coefficient (Wildman–Crippen LogP) is 3.29. The van der Waals surface area contributed by atoms with Crippen molar-refractivity contribution in [2.24, 2.45) is 14.1 Å². The number of aromatic nitrogens is 4. The van der Waals surface area contributed by atoms with E-state index in [-0.39, 0.29) is 27.7 Å². The summed E-state index contributed by atoms with van der Waals surface area (Å²) in [6.45, 7) is -0.0559. The topological polar surface area (TPSA) is 83.6 Å². The van der Waals surface area contributed by atoms with Crippen LogP contribution < -0.4 is 14.2 Å². The number of ether oxygens (including phenoxy) is 3. The van der Waals surface area contributed by atoms with Crippen LogP contribution in [0.3, 0.4) is 0 Å². The molecule has 0 aliphatic rings. The van der Waals surface area contributed by atoms with Crippen molar-refractivity contribution in [1.29, 1.82) is 0 Å². The van der Waals surface area contributed by atoms with Crippen molar-refractivity contribution in [2.75, 3.05) is 21.3 Å². The van der Waals surface area contributed by atoms with E-state index in [1.807, 2.05) is 41.7 Å². The maximum atomic E-state index is 9.30. The second-order valence-corrected chi connectivity index (χ2v) is 6.93. The van der Waals surface area contributed by atoms with Gasteiger partial charge in [-0.15, -0.1) is 29.8 Å². The molecule has 0 saturated carbocycles. The summed E-state index contributed by atoms with van der Waals surface area (Å²) in [5, 5.41) is 9.30. The first-order chi connectivity index (χ1) is 15.5. The molecule has 33 heavy (non-hydrogen) atoms.